The minimum Gasteiger partial charge on any atom is -0.331 e. The van der Waals surface area contributed by atoms with Crippen LogP contribution < -0.4 is 0 Å². The molecule has 0 atom stereocenters. The van der Waals surface area contributed by atoms with E-state index in [9.17, 15) is 13.6 Å². The second-order valence-corrected chi connectivity index (χ2v) is 5.13. The monoisotopic (exact) mass is 288 g/mol. The second kappa shape index (κ2) is 5.60. The molecular formula is C16H14F2N2O. The number of hydrogen-bond acceptors (Lipinski definition) is 2. The van der Waals surface area contributed by atoms with Crippen LogP contribution in [-0.2, 0) is 6.54 Å². The number of hydrogen-bond donors (Lipinski definition) is 0. The maximum atomic E-state index is 13.8. The summed E-state index contributed by atoms with van der Waals surface area (Å²) in [5, 5.41) is 0. The van der Waals surface area contributed by atoms with Crippen LogP contribution in [0.5, 0.6) is 0 Å². The van der Waals surface area contributed by atoms with Crippen molar-refractivity contribution in [3.8, 4) is 0 Å². The Labute approximate surface area is 121 Å². The lowest BCUT2D eigenvalue weighted by Gasteiger charge is -2.22. The number of aromatic nitrogens is 1. The summed E-state index contributed by atoms with van der Waals surface area (Å²) in [6, 6.07) is 9.09. The minimum atomic E-state index is -0.626. The summed E-state index contributed by atoms with van der Waals surface area (Å²) >= 11 is 0. The van der Waals surface area contributed by atoms with Crippen molar-refractivity contribution in [2.24, 2.45) is 0 Å². The Kier molecular flexibility index (Phi) is 3.64. The van der Waals surface area contributed by atoms with E-state index in [1.807, 2.05) is 0 Å². The van der Waals surface area contributed by atoms with Gasteiger partial charge in [0.1, 0.15) is 5.82 Å². The average molecular weight is 288 g/mol. The van der Waals surface area contributed by atoms with Gasteiger partial charge in [0.15, 0.2) is 0 Å². The van der Waals surface area contributed by atoms with E-state index in [2.05, 4.69) is 4.98 Å². The Morgan fingerprint density at radius 1 is 1.19 bits per heavy atom. The first-order valence-electron chi connectivity index (χ1n) is 6.81. The van der Waals surface area contributed by atoms with Gasteiger partial charge in [-0.3, -0.25) is 4.79 Å². The van der Waals surface area contributed by atoms with Crippen LogP contribution in [0.1, 0.15) is 28.8 Å². The topological polar surface area (TPSA) is 33.2 Å². The van der Waals surface area contributed by atoms with E-state index in [4.69, 9.17) is 0 Å². The molecule has 108 valence electrons. The average Bonchev–Trinajstić information content (AvgIpc) is 3.31. The molecular weight excluding hydrogens is 274 g/mol. The molecule has 3 rings (SSSR count). The number of halogens is 2. The van der Waals surface area contributed by atoms with Crippen LogP contribution in [0.3, 0.4) is 0 Å². The summed E-state index contributed by atoms with van der Waals surface area (Å²) in [5.41, 5.74) is 0.799. The molecule has 2 aromatic rings. The van der Waals surface area contributed by atoms with E-state index in [1.54, 1.807) is 23.1 Å². The van der Waals surface area contributed by atoms with Crippen molar-refractivity contribution in [1.29, 1.82) is 0 Å². The van der Waals surface area contributed by atoms with Crippen molar-refractivity contribution in [1.82, 2.24) is 9.88 Å². The van der Waals surface area contributed by atoms with E-state index in [0.29, 0.717) is 11.1 Å². The molecule has 1 amide bonds. The summed E-state index contributed by atoms with van der Waals surface area (Å²) in [6.45, 7) is 0.216. The number of nitrogens with zero attached hydrogens (tertiary/aromatic N) is 2. The lowest BCUT2D eigenvalue weighted by atomic mass is 10.1. The molecule has 0 spiro atoms. The van der Waals surface area contributed by atoms with Crippen molar-refractivity contribution >= 4 is 5.91 Å². The molecule has 1 saturated carbocycles. The summed E-state index contributed by atoms with van der Waals surface area (Å²) in [7, 11) is 0. The van der Waals surface area contributed by atoms with Gasteiger partial charge in [-0.05, 0) is 31.0 Å². The van der Waals surface area contributed by atoms with Crippen LogP contribution in [0.2, 0.25) is 0 Å². The van der Waals surface area contributed by atoms with Crippen LogP contribution in [0.25, 0.3) is 0 Å². The van der Waals surface area contributed by atoms with Gasteiger partial charge in [-0.1, -0.05) is 18.2 Å². The standard InChI is InChI=1S/C16H14F2N2O/c17-14-4-2-1-3-12(14)10-20(13-6-7-13)16(21)11-5-8-15(18)19-9-11/h1-5,8-9,13H,6-7,10H2. The molecule has 1 aromatic carbocycles. The Morgan fingerprint density at radius 3 is 2.57 bits per heavy atom. The highest BCUT2D eigenvalue weighted by atomic mass is 19.1. The third-order valence-electron chi connectivity index (χ3n) is 3.52. The van der Waals surface area contributed by atoms with Gasteiger partial charge >= 0.3 is 0 Å². The highest BCUT2D eigenvalue weighted by Gasteiger charge is 2.33. The molecule has 1 heterocycles. The van der Waals surface area contributed by atoms with Crippen molar-refractivity contribution in [3.63, 3.8) is 0 Å². The predicted molar refractivity (Wildman–Crippen MR) is 73.5 cm³/mol. The lowest BCUT2D eigenvalue weighted by Crippen LogP contribution is -2.33. The van der Waals surface area contributed by atoms with E-state index < -0.39 is 5.95 Å². The molecule has 0 bridgehead atoms. The van der Waals surface area contributed by atoms with Crippen LogP contribution in [0.15, 0.2) is 42.6 Å². The summed E-state index contributed by atoms with van der Waals surface area (Å²) in [6.07, 6.45) is 3.04. The molecule has 3 nitrogen and oxygen atoms in total. The number of carbonyl (C=O) groups is 1. The highest BCUT2D eigenvalue weighted by Crippen LogP contribution is 2.30. The van der Waals surface area contributed by atoms with Gasteiger partial charge in [0, 0.05) is 24.3 Å². The third kappa shape index (κ3) is 3.07. The number of benzene rings is 1. The molecule has 1 aliphatic carbocycles. The smallest absolute Gasteiger partial charge is 0.255 e. The molecule has 0 radical (unpaired) electrons. The molecule has 1 aliphatic rings. The SMILES string of the molecule is O=C(c1ccc(F)nc1)N(Cc1ccccc1F)C1CC1. The molecule has 0 aliphatic heterocycles. The van der Waals surface area contributed by atoms with E-state index in [1.165, 1.54) is 18.3 Å². The fraction of sp³-hybridized carbons (Fsp3) is 0.250. The number of pyridine rings is 1. The normalized spacial score (nSPS) is 14.0. The van der Waals surface area contributed by atoms with E-state index in [-0.39, 0.29) is 24.3 Å². The van der Waals surface area contributed by atoms with E-state index in [0.717, 1.165) is 18.9 Å². The van der Waals surface area contributed by atoms with Crippen molar-refractivity contribution in [2.75, 3.05) is 0 Å². The van der Waals surface area contributed by atoms with Gasteiger partial charge in [0.25, 0.3) is 5.91 Å². The maximum absolute atomic E-state index is 13.8. The molecule has 5 heteroatoms. The molecule has 1 fully saturated rings. The van der Waals surface area contributed by atoms with Gasteiger partial charge in [-0.15, -0.1) is 0 Å². The Hall–Kier alpha value is -2.30. The summed E-state index contributed by atoms with van der Waals surface area (Å²) in [5.74, 6) is -1.19. The van der Waals surface area contributed by atoms with Crippen LogP contribution in [0.4, 0.5) is 8.78 Å². The van der Waals surface area contributed by atoms with Crippen molar-refractivity contribution in [2.45, 2.75) is 25.4 Å². The predicted octanol–water partition coefficient (Wildman–Crippen LogP) is 3.16. The van der Waals surface area contributed by atoms with Crippen molar-refractivity contribution < 1.29 is 13.6 Å². The lowest BCUT2D eigenvalue weighted by molar-refractivity contribution is 0.0727. The van der Waals surface area contributed by atoms with Crippen LogP contribution in [-0.4, -0.2) is 21.8 Å². The molecule has 0 N–H and O–H groups in total. The summed E-state index contributed by atoms with van der Waals surface area (Å²) < 4.78 is 26.6. The first kappa shape index (κ1) is 13.7. The largest absolute Gasteiger partial charge is 0.331 e. The van der Waals surface area contributed by atoms with Crippen molar-refractivity contribution in [3.05, 3.63) is 65.5 Å². The first-order valence-corrected chi connectivity index (χ1v) is 6.81. The Balaban J connectivity index is 1.83. The number of rotatable bonds is 4. The first-order chi connectivity index (χ1) is 10.1. The Bertz CT molecular complexity index is 654. The van der Waals surface area contributed by atoms with Crippen LogP contribution >= 0.6 is 0 Å². The fourth-order valence-corrected chi connectivity index (χ4v) is 2.23. The van der Waals surface area contributed by atoms with Gasteiger partial charge < -0.3 is 4.90 Å². The number of amides is 1. The zero-order chi connectivity index (χ0) is 14.8. The third-order valence-corrected chi connectivity index (χ3v) is 3.52. The summed E-state index contributed by atoms with van der Waals surface area (Å²) in [4.78, 5) is 17.6. The molecule has 0 saturated heterocycles. The van der Waals surface area contributed by atoms with Gasteiger partial charge in [-0.2, -0.15) is 4.39 Å². The Morgan fingerprint density at radius 2 is 1.95 bits per heavy atom. The molecule has 1 aromatic heterocycles. The van der Waals surface area contributed by atoms with Gasteiger partial charge in [0.05, 0.1) is 5.56 Å². The van der Waals surface area contributed by atoms with Gasteiger partial charge in [0.2, 0.25) is 5.95 Å². The number of carbonyl (C=O) groups excluding carboxylic acids is 1. The zero-order valence-electron chi connectivity index (χ0n) is 11.3. The maximum Gasteiger partial charge on any atom is 0.255 e. The molecule has 21 heavy (non-hydrogen) atoms. The highest BCUT2D eigenvalue weighted by molar-refractivity contribution is 5.94. The fourth-order valence-electron chi connectivity index (χ4n) is 2.23. The van der Waals surface area contributed by atoms with Gasteiger partial charge in [-0.25, -0.2) is 9.37 Å². The van der Waals surface area contributed by atoms with Crippen LogP contribution in [0, 0.1) is 11.8 Å². The second-order valence-electron chi connectivity index (χ2n) is 5.13. The molecule has 0 unspecified atom stereocenters. The zero-order valence-corrected chi connectivity index (χ0v) is 11.3. The van der Waals surface area contributed by atoms with E-state index >= 15 is 0 Å². The quantitative estimate of drug-likeness (QED) is 0.810. The minimum absolute atomic E-state index is 0.127.